The normalized spacial score (nSPS) is 10.9. The van der Waals surface area contributed by atoms with Gasteiger partial charge in [-0.05, 0) is 37.3 Å². The second-order valence-electron chi connectivity index (χ2n) is 7.83. The van der Waals surface area contributed by atoms with Crippen LogP contribution in [0, 0.1) is 5.92 Å². The molecule has 0 bridgehead atoms. The maximum atomic E-state index is 12.4. The molecule has 158 valence electrons. The lowest BCUT2D eigenvalue weighted by molar-refractivity contribution is 0.0450. The zero-order valence-electron chi connectivity index (χ0n) is 18.0. The van der Waals surface area contributed by atoms with Crippen molar-refractivity contribution in [1.29, 1.82) is 0 Å². The number of unbranched alkanes of at least 4 members (excludes halogenated alkanes) is 7. The van der Waals surface area contributed by atoms with Crippen molar-refractivity contribution in [2.24, 2.45) is 5.92 Å². The van der Waals surface area contributed by atoms with Crippen molar-refractivity contribution in [2.75, 3.05) is 13.2 Å². The minimum absolute atomic E-state index is 0.288. The summed E-state index contributed by atoms with van der Waals surface area (Å²) in [5.41, 5.74) is 0.577. The number of esters is 2. The number of carbonyl (C=O) groups excluding carboxylic acids is 2. The molecule has 0 spiro atoms. The van der Waals surface area contributed by atoms with Crippen LogP contribution in [0.2, 0.25) is 0 Å². The van der Waals surface area contributed by atoms with E-state index in [-0.39, 0.29) is 11.1 Å². The smallest absolute Gasteiger partial charge is 0.339 e. The zero-order valence-corrected chi connectivity index (χ0v) is 18.0. The second-order valence-corrected chi connectivity index (χ2v) is 7.83. The highest BCUT2D eigenvalue weighted by Gasteiger charge is 2.18. The fourth-order valence-electron chi connectivity index (χ4n) is 3.04. The molecule has 0 radical (unpaired) electrons. The van der Waals surface area contributed by atoms with Gasteiger partial charge in [0.1, 0.15) is 0 Å². The van der Waals surface area contributed by atoms with E-state index in [1.54, 1.807) is 24.3 Å². The topological polar surface area (TPSA) is 52.6 Å². The number of rotatable bonds is 15. The van der Waals surface area contributed by atoms with Crippen LogP contribution >= 0.6 is 0 Å². The standard InChI is InChI=1S/C24H38O4/c1-4-5-6-7-8-9-13-18-27-23(25)21-16-10-11-17-22(21)24(26)28-19-14-12-15-20(2)3/h10-11,16-17,20H,4-9,12-15,18-19H2,1-3H3. The Kier molecular flexibility index (Phi) is 13.1. The fourth-order valence-corrected chi connectivity index (χ4v) is 3.04. The van der Waals surface area contributed by atoms with Crippen LogP contribution in [-0.2, 0) is 9.47 Å². The molecule has 0 aliphatic rings. The molecule has 0 aliphatic carbocycles. The lowest BCUT2D eigenvalue weighted by Crippen LogP contribution is -2.15. The van der Waals surface area contributed by atoms with E-state index in [4.69, 9.17) is 9.47 Å². The highest BCUT2D eigenvalue weighted by Crippen LogP contribution is 2.14. The average Bonchev–Trinajstić information content (AvgIpc) is 2.69. The van der Waals surface area contributed by atoms with Crippen LogP contribution in [0.15, 0.2) is 24.3 Å². The Labute approximate surface area is 171 Å². The van der Waals surface area contributed by atoms with Crippen molar-refractivity contribution in [3.8, 4) is 0 Å². The Morgan fingerprint density at radius 2 is 1.21 bits per heavy atom. The van der Waals surface area contributed by atoms with Crippen LogP contribution in [0.5, 0.6) is 0 Å². The van der Waals surface area contributed by atoms with Crippen LogP contribution in [0.25, 0.3) is 0 Å². The monoisotopic (exact) mass is 390 g/mol. The van der Waals surface area contributed by atoms with Crippen molar-refractivity contribution >= 4 is 11.9 Å². The minimum Gasteiger partial charge on any atom is -0.462 e. The minimum atomic E-state index is -0.451. The third-order valence-electron chi connectivity index (χ3n) is 4.76. The molecular weight excluding hydrogens is 352 g/mol. The Morgan fingerprint density at radius 3 is 1.71 bits per heavy atom. The molecule has 0 saturated heterocycles. The third-order valence-corrected chi connectivity index (χ3v) is 4.76. The predicted octanol–water partition coefficient (Wildman–Crippen LogP) is 6.58. The first-order valence-corrected chi connectivity index (χ1v) is 11.0. The quantitative estimate of drug-likeness (QED) is 0.251. The van der Waals surface area contributed by atoms with Gasteiger partial charge >= 0.3 is 11.9 Å². The molecule has 0 saturated carbocycles. The van der Waals surface area contributed by atoms with Gasteiger partial charge in [-0.2, -0.15) is 0 Å². The van der Waals surface area contributed by atoms with Crippen molar-refractivity contribution in [3.05, 3.63) is 35.4 Å². The molecule has 0 aromatic heterocycles. The molecule has 0 unspecified atom stereocenters. The van der Waals surface area contributed by atoms with E-state index in [1.807, 2.05) is 0 Å². The van der Waals surface area contributed by atoms with Gasteiger partial charge in [-0.1, -0.05) is 77.8 Å². The Morgan fingerprint density at radius 1 is 0.750 bits per heavy atom. The van der Waals surface area contributed by atoms with Gasteiger partial charge < -0.3 is 9.47 Å². The van der Waals surface area contributed by atoms with Gasteiger partial charge in [0.05, 0.1) is 24.3 Å². The molecule has 1 aromatic rings. The molecule has 0 fully saturated rings. The highest BCUT2D eigenvalue weighted by atomic mass is 16.5. The van der Waals surface area contributed by atoms with E-state index in [1.165, 1.54) is 32.1 Å². The maximum Gasteiger partial charge on any atom is 0.339 e. The third kappa shape index (κ3) is 10.5. The van der Waals surface area contributed by atoms with E-state index >= 15 is 0 Å². The number of ether oxygens (including phenoxy) is 2. The molecule has 0 amide bonds. The maximum absolute atomic E-state index is 12.4. The first-order chi connectivity index (χ1) is 13.6. The Bertz CT molecular complexity index is 565. The summed E-state index contributed by atoms with van der Waals surface area (Å²) < 4.78 is 10.7. The van der Waals surface area contributed by atoms with E-state index in [9.17, 15) is 9.59 Å². The van der Waals surface area contributed by atoms with Crippen molar-refractivity contribution in [2.45, 2.75) is 85.0 Å². The lowest BCUT2D eigenvalue weighted by Gasteiger charge is -2.10. The predicted molar refractivity (Wildman–Crippen MR) is 114 cm³/mol. The molecule has 0 N–H and O–H groups in total. The van der Waals surface area contributed by atoms with Crippen molar-refractivity contribution < 1.29 is 19.1 Å². The summed E-state index contributed by atoms with van der Waals surface area (Å²) >= 11 is 0. The van der Waals surface area contributed by atoms with Crippen LogP contribution in [0.3, 0.4) is 0 Å². The zero-order chi connectivity index (χ0) is 20.6. The molecule has 0 heterocycles. The summed E-state index contributed by atoms with van der Waals surface area (Å²) in [6.45, 7) is 7.35. The Hall–Kier alpha value is -1.84. The summed E-state index contributed by atoms with van der Waals surface area (Å²) in [7, 11) is 0. The van der Waals surface area contributed by atoms with Gasteiger partial charge in [-0.25, -0.2) is 9.59 Å². The van der Waals surface area contributed by atoms with Gasteiger partial charge in [0.15, 0.2) is 0 Å². The molecule has 0 atom stereocenters. The van der Waals surface area contributed by atoms with Gasteiger partial charge in [0.2, 0.25) is 0 Å². The largest absolute Gasteiger partial charge is 0.462 e. The molecule has 0 aliphatic heterocycles. The SMILES string of the molecule is CCCCCCCCCOC(=O)c1ccccc1C(=O)OCCCCC(C)C. The summed E-state index contributed by atoms with van der Waals surface area (Å²) in [6.07, 6.45) is 11.2. The molecule has 28 heavy (non-hydrogen) atoms. The van der Waals surface area contributed by atoms with Gasteiger partial charge in [0, 0.05) is 0 Å². The number of benzene rings is 1. The van der Waals surface area contributed by atoms with E-state index in [0.29, 0.717) is 19.1 Å². The molecule has 4 nitrogen and oxygen atoms in total. The first-order valence-electron chi connectivity index (χ1n) is 11.0. The second kappa shape index (κ2) is 15.1. The van der Waals surface area contributed by atoms with Crippen LogP contribution in [0.4, 0.5) is 0 Å². The summed E-state index contributed by atoms with van der Waals surface area (Å²) in [5, 5.41) is 0. The fraction of sp³-hybridized carbons (Fsp3) is 0.667. The van der Waals surface area contributed by atoms with Gasteiger partial charge in [0.25, 0.3) is 0 Å². The Balaban J connectivity index is 2.36. The summed E-state index contributed by atoms with van der Waals surface area (Å²) in [6, 6.07) is 6.73. The van der Waals surface area contributed by atoms with E-state index in [2.05, 4.69) is 20.8 Å². The van der Waals surface area contributed by atoms with Gasteiger partial charge in [-0.3, -0.25) is 0 Å². The van der Waals surface area contributed by atoms with Crippen LogP contribution in [-0.4, -0.2) is 25.2 Å². The van der Waals surface area contributed by atoms with Gasteiger partial charge in [-0.15, -0.1) is 0 Å². The average molecular weight is 391 g/mol. The number of hydrogen-bond donors (Lipinski definition) is 0. The first kappa shape index (κ1) is 24.2. The molecule has 1 aromatic carbocycles. The summed E-state index contributed by atoms with van der Waals surface area (Å²) in [4.78, 5) is 24.7. The van der Waals surface area contributed by atoms with E-state index in [0.717, 1.165) is 32.1 Å². The van der Waals surface area contributed by atoms with Crippen molar-refractivity contribution in [1.82, 2.24) is 0 Å². The van der Waals surface area contributed by atoms with E-state index < -0.39 is 11.9 Å². The summed E-state index contributed by atoms with van der Waals surface area (Å²) in [5.74, 6) is -0.242. The highest BCUT2D eigenvalue weighted by molar-refractivity contribution is 6.03. The molecule has 1 rings (SSSR count). The number of hydrogen-bond acceptors (Lipinski definition) is 4. The van der Waals surface area contributed by atoms with Crippen LogP contribution < -0.4 is 0 Å². The number of carbonyl (C=O) groups is 2. The van der Waals surface area contributed by atoms with Crippen LogP contribution in [0.1, 0.15) is 106 Å². The molecular formula is C24H38O4. The molecule has 4 heteroatoms. The lowest BCUT2D eigenvalue weighted by atomic mass is 10.1. The van der Waals surface area contributed by atoms with Crippen molar-refractivity contribution in [3.63, 3.8) is 0 Å².